The van der Waals surface area contributed by atoms with E-state index >= 15 is 0 Å². The molecule has 0 N–H and O–H groups in total. The number of rotatable bonds is 3. The summed E-state index contributed by atoms with van der Waals surface area (Å²) >= 11 is 0. The molecular weight excluding hydrogens is 212 g/mol. The van der Waals surface area contributed by atoms with Crippen molar-refractivity contribution in [3.8, 4) is 0 Å². The molecule has 1 saturated carbocycles. The van der Waals surface area contributed by atoms with Gasteiger partial charge in [0, 0.05) is 0 Å². The zero-order valence-corrected chi connectivity index (χ0v) is 9.26. The molecule has 1 fully saturated rings. The molecule has 5 heteroatoms. The molecule has 0 aliphatic heterocycles. The molecule has 3 atom stereocenters. The number of hydrogen-bond acceptors (Lipinski definition) is 5. The standard InChI is InChI=1S/C11H14O5/c1-4-6-5-7(10(13)15-2)9(12)8(6)11(14)16-3/h4,6-8H,1,5H2,2-3H3. The van der Waals surface area contributed by atoms with E-state index in [0.717, 1.165) is 0 Å². The third kappa shape index (κ3) is 1.98. The van der Waals surface area contributed by atoms with Crippen molar-refractivity contribution in [1.82, 2.24) is 0 Å². The number of methoxy groups -OCH3 is 2. The Kier molecular flexibility index (Phi) is 3.82. The second kappa shape index (κ2) is 4.92. The van der Waals surface area contributed by atoms with Gasteiger partial charge in [-0.3, -0.25) is 14.4 Å². The van der Waals surface area contributed by atoms with Crippen LogP contribution in [0.2, 0.25) is 0 Å². The number of Topliss-reactive ketones (excluding diaryl/α,β-unsaturated/α-hetero) is 1. The number of carbonyl (C=O) groups excluding carboxylic acids is 3. The van der Waals surface area contributed by atoms with Crippen LogP contribution in [-0.4, -0.2) is 31.9 Å². The predicted octanol–water partition coefficient (Wildman–Crippen LogP) is 0.340. The largest absolute Gasteiger partial charge is 0.468 e. The molecule has 1 aliphatic rings. The lowest BCUT2D eigenvalue weighted by molar-refractivity contribution is -0.152. The first-order valence-corrected chi connectivity index (χ1v) is 4.88. The molecule has 0 aromatic rings. The number of esters is 2. The van der Waals surface area contributed by atoms with E-state index in [-0.39, 0.29) is 12.3 Å². The van der Waals surface area contributed by atoms with Crippen molar-refractivity contribution in [1.29, 1.82) is 0 Å². The molecule has 3 unspecified atom stereocenters. The van der Waals surface area contributed by atoms with Gasteiger partial charge in [-0.25, -0.2) is 0 Å². The van der Waals surface area contributed by atoms with Crippen LogP contribution in [0.15, 0.2) is 12.7 Å². The zero-order valence-electron chi connectivity index (χ0n) is 9.26. The van der Waals surface area contributed by atoms with E-state index in [0.29, 0.717) is 0 Å². The fraction of sp³-hybridized carbons (Fsp3) is 0.545. The molecule has 16 heavy (non-hydrogen) atoms. The summed E-state index contributed by atoms with van der Waals surface area (Å²) in [6.45, 7) is 3.55. The van der Waals surface area contributed by atoms with E-state index in [9.17, 15) is 14.4 Å². The summed E-state index contributed by atoms with van der Waals surface area (Å²) in [5, 5.41) is 0. The molecule has 0 bridgehead atoms. The molecule has 5 nitrogen and oxygen atoms in total. The highest BCUT2D eigenvalue weighted by atomic mass is 16.5. The Morgan fingerprint density at radius 3 is 2.31 bits per heavy atom. The van der Waals surface area contributed by atoms with Gasteiger partial charge in [-0.2, -0.15) is 0 Å². The van der Waals surface area contributed by atoms with Crippen LogP contribution in [0.4, 0.5) is 0 Å². The molecule has 0 saturated heterocycles. The maximum absolute atomic E-state index is 11.8. The van der Waals surface area contributed by atoms with E-state index in [1.54, 1.807) is 0 Å². The first-order chi connectivity index (χ1) is 7.56. The molecule has 0 amide bonds. The number of carbonyl (C=O) groups is 3. The van der Waals surface area contributed by atoms with E-state index in [1.807, 2.05) is 0 Å². The summed E-state index contributed by atoms with van der Waals surface area (Å²) in [7, 11) is 2.42. The third-order valence-corrected chi connectivity index (χ3v) is 2.83. The lowest BCUT2D eigenvalue weighted by atomic mass is 9.96. The van der Waals surface area contributed by atoms with Crippen LogP contribution in [0.25, 0.3) is 0 Å². The van der Waals surface area contributed by atoms with Gasteiger partial charge in [0.25, 0.3) is 0 Å². The minimum absolute atomic E-state index is 0.259. The second-order valence-electron chi connectivity index (χ2n) is 3.61. The number of ketones is 1. The summed E-state index contributed by atoms with van der Waals surface area (Å²) < 4.78 is 9.05. The molecule has 0 aromatic heterocycles. The Bertz CT molecular complexity index is 333. The maximum Gasteiger partial charge on any atom is 0.316 e. The average Bonchev–Trinajstić information content (AvgIpc) is 2.64. The van der Waals surface area contributed by atoms with Crippen molar-refractivity contribution in [2.24, 2.45) is 17.8 Å². The molecule has 0 aromatic carbocycles. The maximum atomic E-state index is 11.8. The van der Waals surface area contributed by atoms with Crippen LogP contribution in [0.3, 0.4) is 0 Å². The van der Waals surface area contributed by atoms with Crippen LogP contribution in [-0.2, 0) is 23.9 Å². The van der Waals surface area contributed by atoms with Gasteiger partial charge in [-0.15, -0.1) is 6.58 Å². The molecule has 1 rings (SSSR count). The number of allylic oxidation sites excluding steroid dienone is 1. The van der Waals surface area contributed by atoms with Gasteiger partial charge in [0.15, 0.2) is 5.78 Å². The summed E-state index contributed by atoms with van der Waals surface area (Å²) in [6.07, 6.45) is 1.76. The quantitative estimate of drug-likeness (QED) is 0.394. The Labute approximate surface area is 93.4 Å². The summed E-state index contributed by atoms with van der Waals surface area (Å²) in [4.78, 5) is 34.5. The van der Waals surface area contributed by atoms with Crippen molar-refractivity contribution in [2.75, 3.05) is 14.2 Å². The van der Waals surface area contributed by atoms with Gasteiger partial charge in [0.1, 0.15) is 11.8 Å². The van der Waals surface area contributed by atoms with Crippen molar-refractivity contribution in [3.05, 3.63) is 12.7 Å². The fourth-order valence-corrected chi connectivity index (χ4v) is 1.96. The zero-order chi connectivity index (χ0) is 12.3. The van der Waals surface area contributed by atoms with E-state index in [1.165, 1.54) is 20.3 Å². The lowest BCUT2D eigenvalue weighted by Crippen LogP contribution is -2.29. The van der Waals surface area contributed by atoms with E-state index in [2.05, 4.69) is 16.1 Å². The SMILES string of the molecule is C=CC1CC(C(=O)OC)C(=O)C1C(=O)OC. The Balaban J connectivity index is 2.93. The summed E-state index contributed by atoms with van der Waals surface area (Å²) in [6, 6.07) is 0. The van der Waals surface area contributed by atoms with Gasteiger partial charge in [0.05, 0.1) is 14.2 Å². The smallest absolute Gasteiger partial charge is 0.316 e. The van der Waals surface area contributed by atoms with Crippen LogP contribution in [0.5, 0.6) is 0 Å². The highest BCUT2D eigenvalue weighted by Gasteiger charge is 2.49. The second-order valence-corrected chi connectivity index (χ2v) is 3.61. The van der Waals surface area contributed by atoms with E-state index < -0.39 is 29.6 Å². The van der Waals surface area contributed by atoms with Crippen molar-refractivity contribution < 1.29 is 23.9 Å². The minimum atomic E-state index is -0.924. The molecule has 0 heterocycles. The Hall–Kier alpha value is -1.65. The third-order valence-electron chi connectivity index (χ3n) is 2.83. The van der Waals surface area contributed by atoms with Crippen LogP contribution in [0.1, 0.15) is 6.42 Å². The molecule has 0 spiro atoms. The first kappa shape index (κ1) is 12.4. The van der Waals surface area contributed by atoms with Gasteiger partial charge in [-0.1, -0.05) is 6.08 Å². The van der Waals surface area contributed by atoms with Crippen molar-refractivity contribution in [3.63, 3.8) is 0 Å². The van der Waals surface area contributed by atoms with E-state index in [4.69, 9.17) is 0 Å². The summed E-state index contributed by atoms with van der Waals surface area (Å²) in [5.41, 5.74) is 0. The molecule has 1 aliphatic carbocycles. The van der Waals surface area contributed by atoms with Crippen LogP contribution in [0, 0.1) is 17.8 Å². The number of ether oxygens (including phenoxy) is 2. The molecular formula is C11H14O5. The van der Waals surface area contributed by atoms with Gasteiger partial charge in [0.2, 0.25) is 0 Å². The van der Waals surface area contributed by atoms with Gasteiger partial charge in [-0.05, 0) is 12.3 Å². The van der Waals surface area contributed by atoms with Crippen molar-refractivity contribution >= 4 is 17.7 Å². The molecule has 0 radical (unpaired) electrons. The van der Waals surface area contributed by atoms with Gasteiger partial charge < -0.3 is 9.47 Å². The summed E-state index contributed by atoms with van der Waals surface area (Å²) in [5.74, 6) is -3.83. The molecule has 88 valence electrons. The highest BCUT2D eigenvalue weighted by molar-refractivity contribution is 6.10. The van der Waals surface area contributed by atoms with Crippen LogP contribution >= 0.6 is 0 Å². The minimum Gasteiger partial charge on any atom is -0.468 e. The normalized spacial score (nSPS) is 28.6. The Morgan fingerprint density at radius 2 is 1.88 bits per heavy atom. The monoisotopic (exact) mass is 226 g/mol. The van der Waals surface area contributed by atoms with Crippen LogP contribution < -0.4 is 0 Å². The fourth-order valence-electron chi connectivity index (χ4n) is 1.96. The first-order valence-electron chi connectivity index (χ1n) is 4.88. The average molecular weight is 226 g/mol. The van der Waals surface area contributed by atoms with Gasteiger partial charge >= 0.3 is 11.9 Å². The Morgan fingerprint density at radius 1 is 1.31 bits per heavy atom. The lowest BCUT2D eigenvalue weighted by Gasteiger charge is -2.10. The highest BCUT2D eigenvalue weighted by Crippen LogP contribution is 2.35. The topological polar surface area (TPSA) is 69.7 Å². The van der Waals surface area contributed by atoms with Crippen molar-refractivity contribution in [2.45, 2.75) is 6.42 Å². The predicted molar refractivity (Wildman–Crippen MR) is 54.3 cm³/mol. The number of hydrogen-bond donors (Lipinski definition) is 0.